The average Bonchev–Trinajstić information content (AvgIpc) is 3.20. The first-order valence-corrected chi connectivity index (χ1v) is 7.72. The second-order valence-corrected chi connectivity index (χ2v) is 6.42. The Morgan fingerprint density at radius 3 is 2.37 bits per heavy atom. The highest BCUT2D eigenvalue weighted by atomic mass is 16.5. The molecule has 0 aromatic rings. The molecular weight excluding hydrogens is 240 g/mol. The third-order valence-corrected chi connectivity index (χ3v) is 3.99. The summed E-state index contributed by atoms with van der Waals surface area (Å²) in [4.78, 5) is 14.3. The van der Waals surface area contributed by atoms with Crippen LogP contribution in [0.1, 0.15) is 46.5 Å². The van der Waals surface area contributed by atoms with Gasteiger partial charge in [0.05, 0.1) is 12.1 Å². The molecule has 4 heteroatoms. The lowest BCUT2D eigenvalue weighted by atomic mass is 10.1. The highest BCUT2D eigenvalue weighted by Crippen LogP contribution is 2.20. The third-order valence-electron chi connectivity index (χ3n) is 3.99. The van der Waals surface area contributed by atoms with Gasteiger partial charge in [0.15, 0.2) is 0 Å². The molecule has 0 aromatic heterocycles. The summed E-state index contributed by atoms with van der Waals surface area (Å²) in [7, 11) is 0. The smallest absolute Gasteiger partial charge is 0.237 e. The number of likely N-dealkylation sites (tertiary alicyclic amines) is 1. The van der Waals surface area contributed by atoms with Crippen LogP contribution < -0.4 is 5.32 Å². The monoisotopic (exact) mass is 268 g/mol. The molecule has 2 aliphatic rings. The molecular formula is C15H28N2O2. The average molecular weight is 268 g/mol. The van der Waals surface area contributed by atoms with Crippen LogP contribution in [0.25, 0.3) is 0 Å². The van der Waals surface area contributed by atoms with Gasteiger partial charge in [-0.3, -0.25) is 9.69 Å². The van der Waals surface area contributed by atoms with Gasteiger partial charge in [0.1, 0.15) is 0 Å². The topological polar surface area (TPSA) is 41.6 Å². The van der Waals surface area contributed by atoms with E-state index in [1.165, 1.54) is 0 Å². The first kappa shape index (κ1) is 14.8. The fourth-order valence-corrected chi connectivity index (χ4v) is 2.47. The Balaban J connectivity index is 1.68. The van der Waals surface area contributed by atoms with E-state index in [9.17, 15) is 4.79 Å². The van der Waals surface area contributed by atoms with Crippen molar-refractivity contribution in [3.63, 3.8) is 0 Å². The summed E-state index contributed by atoms with van der Waals surface area (Å²) in [6, 6.07) is 0.466. The maximum Gasteiger partial charge on any atom is 0.237 e. The van der Waals surface area contributed by atoms with Gasteiger partial charge in [0.2, 0.25) is 5.91 Å². The molecule has 1 aliphatic heterocycles. The van der Waals surface area contributed by atoms with Gasteiger partial charge in [0, 0.05) is 25.7 Å². The SMILES string of the molecule is CC(C)COC1CCN(C(C)C(=O)NC2CC2)CC1. The maximum absolute atomic E-state index is 12.0. The molecule has 1 amide bonds. The molecule has 110 valence electrons. The van der Waals surface area contributed by atoms with Crippen molar-refractivity contribution in [2.24, 2.45) is 5.92 Å². The van der Waals surface area contributed by atoms with Crippen LogP contribution in [-0.2, 0) is 9.53 Å². The molecule has 1 heterocycles. The summed E-state index contributed by atoms with van der Waals surface area (Å²) >= 11 is 0. The molecule has 1 saturated carbocycles. The Hall–Kier alpha value is -0.610. The number of amides is 1. The number of piperidine rings is 1. The van der Waals surface area contributed by atoms with E-state index in [4.69, 9.17) is 4.74 Å². The van der Waals surface area contributed by atoms with E-state index in [0.717, 1.165) is 45.4 Å². The van der Waals surface area contributed by atoms with Gasteiger partial charge < -0.3 is 10.1 Å². The van der Waals surface area contributed by atoms with Crippen molar-refractivity contribution < 1.29 is 9.53 Å². The number of carbonyl (C=O) groups excluding carboxylic acids is 1. The third kappa shape index (κ3) is 4.77. The lowest BCUT2D eigenvalue weighted by Crippen LogP contribution is -2.49. The van der Waals surface area contributed by atoms with Crippen molar-refractivity contribution in [2.45, 2.75) is 64.6 Å². The fraction of sp³-hybridized carbons (Fsp3) is 0.933. The van der Waals surface area contributed by atoms with Gasteiger partial charge in [-0.25, -0.2) is 0 Å². The van der Waals surface area contributed by atoms with Crippen LogP contribution >= 0.6 is 0 Å². The normalized spacial score (nSPS) is 23.6. The summed E-state index contributed by atoms with van der Waals surface area (Å²) in [5.74, 6) is 0.797. The summed E-state index contributed by atoms with van der Waals surface area (Å²) < 4.78 is 5.88. The maximum atomic E-state index is 12.0. The number of rotatable bonds is 6. The Morgan fingerprint density at radius 2 is 1.84 bits per heavy atom. The van der Waals surface area contributed by atoms with Gasteiger partial charge in [-0.1, -0.05) is 13.8 Å². The lowest BCUT2D eigenvalue weighted by molar-refractivity contribution is -0.127. The Morgan fingerprint density at radius 1 is 1.21 bits per heavy atom. The molecule has 1 saturated heterocycles. The van der Waals surface area contributed by atoms with Gasteiger partial charge in [0.25, 0.3) is 0 Å². The van der Waals surface area contributed by atoms with Crippen LogP contribution in [0.3, 0.4) is 0 Å². The molecule has 4 nitrogen and oxygen atoms in total. The second kappa shape index (κ2) is 6.71. The number of hydrogen-bond acceptors (Lipinski definition) is 3. The van der Waals surface area contributed by atoms with E-state index in [1.807, 2.05) is 6.92 Å². The molecule has 0 spiro atoms. The van der Waals surface area contributed by atoms with E-state index in [0.29, 0.717) is 18.1 Å². The number of hydrogen-bond donors (Lipinski definition) is 1. The van der Waals surface area contributed by atoms with Crippen LogP contribution in [0.2, 0.25) is 0 Å². The van der Waals surface area contributed by atoms with Crippen molar-refractivity contribution in [1.82, 2.24) is 10.2 Å². The van der Waals surface area contributed by atoms with Crippen LogP contribution in [-0.4, -0.2) is 48.7 Å². The molecule has 0 bridgehead atoms. The van der Waals surface area contributed by atoms with Gasteiger partial charge in [-0.05, 0) is 38.5 Å². The van der Waals surface area contributed by atoms with Gasteiger partial charge >= 0.3 is 0 Å². The van der Waals surface area contributed by atoms with Crippen molar-refractivity contribution in [1.29, 1.82) is 0 Å². The predicted octanol–water partition coefficient (Wildman–Crippen LogP) is 1.79. The number of nitrogens with one attached hydrogen (secondary N) is 1. The van der Waals surface area contributed by atoms with Crippen LogP contribution in [0.5, 0.6) is 0 Å². The van der Waals surface area contributed by atoms with E-state index in [-0.39, 0.29) is 11.9 Å². The first-order chi connectivity index (χ1) is 9.06. The Bertz CT molecular complexity index is 295. The fourth-order valence-electron chi connectivity index (χ4n) is 2.47. The minimum Gasteiger partial charge on any atom is -0.378 e. The summed E-state index contributed by atoms with van der Waals surface area (Å²) in [5.41, 5.74) is 0. The Labute approximate surface area is 116 Å². The zero-order valence-electron chi connectivity index (χ0n) is 12.5. The van der Waals surface area contributed by atoms with Crippen molar-refractivity contribution in [2.75, 3.05) is 19.7 Å². The van der Waals surface area contributed by atoms with Crippen molar-refractivity contribution >= 4 is 5.91 Å². The molecule has 19 heavy (non-hydrogen) atoms. The quantitative estimate of drug-likeness (QED) is 0.798. The van der Waals surface area contributed by atoms with Crippen molar-refractivity contribution in [3.8, 4) is 0 Å². The van der Waals surface area contributed by atoms with Crippen LogP contribution in [0, 0.1) is 5.92 Å². The predicted molar refractivity (Wildman–Crippen MR) is 76.0 cm³/mol. The first-order valence-electron chi connectivity index (χ1n) is 7.72. The minimum absolute atomic E-state index is 0.00616. The van der Waals surface area contributed by atoms with E-state index < -0.39 is 0 Å². The number of ether oxygens (including phenoxy) is 1. The molecule has 1 N–H and O–H groups in total. The largest absolute Gasteiger partial charge is 0.378 e. The van der Waals surface area contributed by atoms with Crippen molar-refractivity contribution in [3.05, 3.63) is 0 Å². The lowest BCUT2D eigenvalue weighted by Gasteiger charge is -2.35. The summed E-state index contributed by atoms with van der Waals surface area (Å²) in [5, 5.41) is 3.09. The molecule has 2 fully saturated rings. The molecule has 0 aromatic carbocycles. The molecule has 0 radical (unpaired) electrons. The summed E-state index contributed by atoms with van der Waals surface area (Å²) in [6.45, 7) is 9.18. The second-order valence-electron chi connectivity index (χ2n) is 6.42. The molecule has 1 unspecified atom stereocenters. The number of nitrogens with zero attached hydrogens (tertiary/aromatic N) is 1. The summed E-state index contributed by atoms with van der Waals surface area (Å²) in [6.07, 6.45) is 4.80. The highest BCUT2D eigenvalue weighted by Gasteiger charge is 2.30. The number of carbonyl (C=O) groups is 1. The van der Waals surface area contributed by atoms with Gasteiger partial charge in [-0.15, -0.1) is 0 Å². The Kier molecular flexibility index (Phi) is 5.22. The molecule has 2 rings (SSSR count). The minimum atomic E-state index is 0.00616. The molecule has 1 aliphatic carbocycles. The highest BCUT2D eigenvalue weighted by molar-refractivity contribution is 5.81. The zero-order valence-corrected chi connectivity index (χ0v) is 12.5. The van der Waals surface area contributed by atoms with E-state index in [2.05, 4.69) is 24.1 Å². The van der Waals surface area contributed by atoms with Crippen LogP contribution in [0.4, 0.5) is 0 Å². The van der Waals surface area contributed by atoms with Gasteiger partial charge in [-0.2, -0.15) is 0 Å². The van der Waals surface area contributed by atoms with E-state index >= 15 is 0 Å². The van der Waals surface area contributed by atoms with Crippen LogP contribution in [0.15, 0.2) is 0 Å². The zero-order chi connectivity index (χ0) is 13.8. The van der Waals surface area contributed by atoms with E-state index in [1.54, 1.807) is 0 Å². The molecule has 1 atom stereocenters. The standard InChI is InChI=1S/C15H28N2O2/c1-11(2)10-19-14-6-8-17(9-7-14)12(3)15(18)16-13-4-5-13/h11-14H,4-10H2,1-3H3,(H,16,18).